The summed E-state index contributed by atoms with van der Waals surface area (Å²) < 4.78 is 5.41. The molecule has 0 bridgehead atoms. The maximum Gasteiger partial charge on any atom is 0.287 e. The predicted octanol–water partition coefficient (Wildman–Crippen LogP) is 2.55. The fourth-order valence-electron chi connectivity index (χ4n) is 2.19. The highest BCUT2D eigenvalue weighted by Crippen LogP contribution is 2.25. The summed E-state index contributed by atoms with van der Waals surface area (Å²) in [7, 11) is 0. The summed E-state index contributed by atoms with van der Waals surface area (Å²) in [6.07, 6.45) is 1.64. The zero-order chi connectivity index (χ0) is 14.7. The van der Waals surface area contributed by atoms with Crippen molar-refractivity contribution in [2.45, 2.75) is 31.9 Å². The molecule has 20 heavy (non-hydrogen) atoms. The van der Waals surface area contributed by atoms with Crippen LogP contribution in [0.2, 0.25) is 5.02 Å². The molecule has 108 valence electrons. The fourth-order valence-corrected chi connectivity index (χ4v) is 2.44. The molecule has 0 spiro atoms. The van der Waals surface area contributed by atoms with Gasteiger partial charge >= 0.3 is 0 Å². The van der Waals surface area contributed by atoms with E-state index in [0.717, 1.165) is 12.8 Å². The van der Waals surface area contributed by atoms with Crippen molar-refractivity contribution < 1.29 is 14.5 Å². The fraction of sp³-hybridized carbons (Fsp3) is 0.462. The van der Waals surface area contributed by atoms with Crippen LogP contribution in [0.1, 0.15) is 30.1 Å². The van der Waals surface area contributed by atoms with Gasteiger partial charge in [-0.3, -0.25) is 14.9 Å². The van der Waals surface area contributed by atoms with Gasteiger partial charge in [-0.25, -0.2) is 0 Å². The van der Waals surface area contributed by atoms with Gasteiger partial charge in [0, 0.05) is 24.3 Å². The maximum atomic E-state index is 12.1. The Kier molecular flexibility index (Phi) is 4.57. The molecule has 6 nitrogen and oxygen atoms in total. The summed E-state index contributed by atoms with van der Waals surface area (Å²) in [6.45, 7) is 2.58. The summed E-state index contributed by atoms with van der Waals surface area (Å²) in [5.74, 6) is -0.277. The second-order valence-corrected chi connectivity index (χ2v) is 5.21. The second-order valence-electron chi connectivity index (χ2n) is 4.80. The monoisotopic (exact) mass is 298 g/mol. The molecule has 2 rings (SSSR count). The third-order valence-corrected chi connectivity index (χ3v) is 3.53. The van der Waals surface area contributed by atoms with E-state index in [0.29, 0.717) is 12.2 Å². The number of nitro groups is 1. The number of ether oxygens (including phenoxy) is 1. The minimum Gasteiger partial charge on any atom is -0.378 e. The molecule has 0 aliphatic carbocycles. The first-order valence-corrected chi connectivity index (χ1v) is 6.71. The Morgan fingerprint density at radius 3 is 2.90 bits per heavy atom. The molecule has 1 aliphatic heterocycles. The Balaban J connectivity index is 2.05. The molecule has 1 N–H and O–H groups in total. The van der Waals surface area contributed by atoms with E-state index in [-0.39, 0.29) is 28.8 Å². The molecule has 1 aromatic carbocycles. The number of carbonyl (C=O) groups is 1. The first kappa shape index (κ1) is 14.7. The van der Waals surface area contributed by atoms with Crippen molar-refractivity contribution >= 4 is 23.2 Å². The normalized spacial score (nSPS) is 22.3. The first-order valence-electron chi connectivity index (χ1n) is 6.34. The summed E-state index contributed by atoms with van der Waals surface area (Å²) in [6, 6.07) is 4.02. The van der Waals surface area contributed by atoms with Crippen LogP contribution in [0, 0.1) is 10.1 Å². The second kappa shape index (κ2) is 6.19. The van der Waals surface area contributed by atoms with Crippen molar-refractivity contribution in [1.82, 2.24) is 5.32 Å². The van der Waals surface area contributed by atoms with Crippen LogP contribution < -0.4 is 5.32 Å². The lowest BCUT2D eigenvalue weighted by atomic mass is 10.0. The first-order chi connectivity index (χ1) is 9.47. The largest absolute Gasteiger partial charge is 0.378 e. The van der Waals surface area contributed by atoms with Gasteiger partial charge < -0.3 is 10.1 Å². The average Bonchev–Trinajstić information content (AvgIpc) is 2.38. The molecule has 1 fully saturated rings. The van der Waals surface area contributed by atoms with Gasteiger partial charge in [-0.1, -0.05) is 11.6 Å². The number of nitrogens with zero attached hydrogens (tertiary/aromatic N) is 1. The third kappa shape index (κ3) is 3.46. The standard InChI is InChI=1S/C13H15ClN2O4/c1-8-6-10(4-5-20-8)15-13(17)9-2-3-12(16(18)19)11(14)7-9/h2-3,7-8,10H,4-6H2,1H3,(H,15,17). The lowest BCUT2D eigenvalue weighted by molar-refractivity contribution is -0.384. The molecule has 0 radical (unpaired) electrons. The zero-order valence-corrected chi connectivity index (χ0v) is 11.7. The molecule has 1 heterocycles. The number of halogens is 1. The lowest BCUT2D eigenvalue weighted by Crippen LogP contribution is -2.41. The van der Waals surface area contributed by atoms with Crippen molar-refractivity contribution in [3.8, 4) is 0 Å². The van der Waals surface area contributed by atoms with E-state index < -0.39 is 4.92 Å². The number of nitro benzene ring substituents is 1. The summed E-state index contributed by atoms with van der Waals surface area (Å²) in [5.41, 5.74) is 0.114. The number of rotatable bonds is 3. The molecule has 0 aromatic heterocycles. The van der Waals surface area contributed by atoms with Crippen LogP contribution >= 0.6 is 11.6 Å². The smallest absolute Gasteiger partial charge is 0.287 e. The molecule has 1 amide bonds. The van der Waals surface area contributed by atoms with Crippen molar-refractivity contribution in [3.63, 3.8) is 0 Å². The number of amides is 1. The van der Waals surface area contributed by atoms with E-state index in [4.69, 9.17) is 16.3 Å². The molecular formula is C13H15ClN2O4. The van der Waals surface area contributed by atoms with Crippen LogP contribution in [0.25, 0.3) is 0 Å². The highest BCUT2D eigenvalue weighted by atomic mass is 35.5. The van der Waals surface area contributed by atoms with E-state index in [2.05, 4.69) is 5.32 Å². The highest BCUT2D eigenvalue weighted by molar-refractivity contribution is 6.33. The summed E-state index contributed by atoms with van der Waals surface area (Å²) in [5, 5.41) is 13.5. The molecule has 7 heteroatoms. The quantitative estimate of drug-likeness (QED) is 0.687. The zero-order valence-electron chi connectivity index (χ0n) is 11.0. The van der Waals surface area contributed by atoms with Crippen LogP contribution in [0.3, 0.4) is 0 Å². The van der Waals surface area contributed by atoms with Crippen molar-refractivity contribution in [3.05, 3.63) is 38.9 Å². The predicted molar refractivity (Wildman–Crippen MR) is 74.0 cm³/mol. The molecule has 1 saturated heterocycles. The van der Waals surface area contributed by atoms with Crippen molar-refractivity contribution in [2.75, 3.05) is 6.61 Å². The van der Waals surface area contributed by atoms with Gasteiger partial charge in [0.05, 0.1) is 11.0 Å². The molecule has 2 unspecified atom stereocenters. The van der Waals surface area contributed by atoms with E-state index >= 15 is 0 Å². The van der Waals surface area contributed by atoms with Gasteiger partial charge in [-0.2, -0.15) is 0 Å². The topological polar surface area (TPSA) is 81.5 Å². The minimum atomic E-state index is -0.579. The number of carbonyl (C=O) groups excluding carboxylic acids is 1. The van der Waals surface area contributed by atoms with Gasteiger partial charge in [0.15, 0.2) is 0 Å². The SMILES string of the molecule is CC1CC(NC(=O)c2ccc([N+](=O)[O-])c(Cl)c2)CCO1. The van der Waals surface area contributed by atoms with E-state index in [1.54, 1.807) is 0 Å². The van der Waals surface area contributed by atoms with Gasteiger partial charge in [0.2, 0.25) is 0 Å². The summed E-state index contributed by atoms with van der Waals surface area (Å²) >= 11 is 5.79. The van der Waals surface area contributed by atoms with Crippen molar-refractivity contribution in [2.24, 2.45) is 0 Å². The number of hydrogen-bond acceptors (Lipinski definition) is 4. The lowest BCUT2D eigenvalue weighted by Gasteiger charge is -2.27. The number of hydrogen-bond donors (Lipinski definition) is 1. The van der Waals surface area contributed by atoms with E-state index in [1.165, 1.54) is 18.2 Å². The number of benzene rings is 1. The molecule has 2 atom stereocenters. The Labute approximate surface area is 121 Å². The Bertz CT molecular complexity index is 535. The summed E-state index contributed by atoms with van der Waals surface area (Å²) in [4.78, 5) is 22.2. The number of nitrogens with one attached hydrogen (secondary N) is 1. The maximum absolute atomic E-state index is 12.1. The molecule has 1 aromatic rings. The van der Waals surface area contributed by atoms with Gasteiger partial charge in [0.25, 0.3) is 11.6 Å². The van der Waals surface area contributed by atoms with Gasteiger partial charge in [-0.15, -0.1) is 0 Å². The Morgan fingerprint density at radius 1 is 1.55 bits per heavy atom. The minimum absolute atomic E-state index is 0.0389. The Hall–Kier alpha value is -1.66. The molecular weight excluding hydrogens is 284 g/mol. The average molecular weight is 299 g/mol. The molecule has 1 aliphatic rings. The van der Waals surface area contributed by atoms with Gasteiger partial charge in [-0.05, 0) is 31.9 Å². The van der Waals surface area contributed by atoms with Crippen LogP contribution in [0.5, 0.6) is 0 Å². The van der Waals surface area contributed by atoms with Crippen molar-refractivity contribution in [1.29, 1.82) is 0 Å². The van der Waals surface area contributed by atoms with Crippen LogP contribution in [-0.4, -0.2) is 29.6 Å². The van der Waals surface area contributed by atoms with Gasteiger partial charge in [0.1, 0.15) is 5.02 Å². The molecule has 0 saturated carbocycles. The highest BCUT2D eigenvalue weighted by Gasteiger charge is 2.22. The van der Waals surface area contributed by atoms with E-state index in [9.17, 15) is 14.9 Å². The third-order valence-electron chi connectivity index (χ3n) is 3.23. The van der Waals surface area contributed by atoms with Crippen LogP contribution in [0.15, 0.2) is 18.2 Å². The van der Waals surface area contributed by atoms with E-state index in [1.807, 2.05) is 6.92 Å². The van der Waals surface area contributed by atoms with Crippen LogP contribution in [-0.2, 0) is 4.74 Å². The Morgan fingerprint density at radius 2 is 2.30 bits per heavy atom. The van der Waals surface area contributed by atoms with Crippen LogP contribution in [0.4, 0.5) is 5.69 Å².